The minimum Gasteiger partial charge on any atom is -0.493 e. The van der Waals surface area contributed by atoms with Crippen molar-refractivity contribution in [1.29, 1.82) is 5.26 Å². The van der Waals surface area contributed by atoms with Gasteiger partial charge in [0.2, 0.25) is 5.70 Å². The Hall–Kier alpha value is -4.56. The van der Waals surface area contributed by atoms with Gasteiger partial charge in [0.15, 0.2) is 0 Å². The average Bonchev–Trinajstić information content (AvgIpc) is 3.70. The molecule has 0 aliphatic carbocycles. The van der Waals surface area contributed by atoms with E-state index >= 15 is 0 Å². The molecule has 250 valence electrons. The number of nitrogens with zero attached hydrogens (tertiary/aromatic N) is 3. The molecule has 0 saturated carbocycles. The van der Waals surface area contributed by atoms with Gasteiger partial charge in [0.05, 0.1) is 24.8 Å². The number of aliphatic hydroxyl groups excluding tert-OH is 1. The highest BCUT2D eigenvalue weighted by Crippen LogP contribution is 2.47. The molecule has 0 bridgehead atoms. The van der Waals surface area contributed by atoms with E-state index in [1.165, 1.54) is 5.69 Å². The van der Waals surface area contributed by atoms with Crippen molar-refractivity contribution < 1.29 is 14.6 Å². The van der Waals surface area contributed by atoms with E-state index in [9.17, 15) is 10.4 Å². The van der Waals surface area contributed by atoms with E-state index in [1.807, 2.05) is 49.4 Å². The maximum Gasteiger partial charge on any atom is 0.236 e. The van der Waals surface area contributed by atoms with Crippen LogP contribution in [-0.4, -0.2) is 31.4 Å². The van der Waals surface area contributed by atoms with Crippen molar-refractivity contribution in [3.05, 3.63) is 122 Å². The number of unbranched alkanes of at least 4 members (excludes halogenated alkanes) is 3. The van der Waals surface area contributed by atoms with Crippen LogP contribution in [-0.2, 0) is 10.3 Å². The molecule has 0 saturated heterocycles. The lowest BCUT2D eigenvalue weighted by Crippen LogP contribution is -2.25. The Bertz CT molecular complexity index is 1710. The first-order valence-electron chi connectivity index (χ1n) is 16.9. The number of thiophene rings is 1. The van der Waals surface area contributed by atoms with Gasteiger partial charge in [0, 0.05) is 52.3 Å². The van der Waals surface area contributed by atoms with Crippen LogP contribution in [0.5, 0.6) is 5.75 Å². The third-order valence-corrected chi connectivity index (χ3v) is 9.48. The van der Waals surface area contributed by atoms with Gasteiger partial charge in [0.1, 0.15) is 17.1 Å². The molecule has 4 rings (SSSR count). The van der Waals surface area contributed by atoms with Crippen LogP contribution in [0.3, 0.4) is 0 Å². The number of hydrogen-bond donors (Lipinski definition) is 1. The minimum absolute atomic E-state index is 0.166. The molecule has 1 unspecified atom stereocenters. The summed E-state index contributed by atoms with van der Waals surface area (Å²) in [6, 6.07) is 22.6. The summed E-state index contributed by atoms with van der Waals surface area (Å²) >= 11 is 1.65. The Morgan fingerprint density at radius 2 is 1.67 bits per heavy atom. The Kier molecular flexibility index (Phi) is 13.7. The monoisotopic (exact) mass is 661 g/mol. The van der Waals surface area contributed by atoms with Gasteiger partial charge >= 0.3 is 0 Å². The van der Waals surface area contributed by atoms with E-state index in [2.05, 4.69) is 72.1 Å². The van der Waals surface area contributed by atoms with Gasteiger partial charge in [-0.3, -0.25) is 0 Å². The second kappa shape index (κ2) is 18.1. The summed E-state index contributed by atoms with van der Waals surface area (Å²) in [5.74, 6) is 1.19. The smallest absolute Gasteiger partial charge is 0.236 e. The Morgan fingerprint density at radius 1 is 0.979 bits per heavy atom. The molecule has 0 amide bonds. The molecule has 2 heterocycles. The van der Waals surface area contributed by atoms with Crippen molar-refractivity contribution in [3.8, 4) is 11.8 Å². The van der Waals surface area contributed by atoms with E-state index in [0.29, 0.717) is 23.6 Å². The van der Waals surface area contributed by atoms with E-state index in [-0.39, 0.29) is 6.61 Å². The number of hydrogen-bond acceptors (Lipinski definition) is 6. The first-order chi connectivity index (χ1) is 23.4. The van der Waals surface area contributed by atoms with Gasteiger partial charge in [-0.25, -0.2) is 4.85 Å². The van der Waals surface area contributed by atoms with Crippen LogP contribution < -0.4 is 9.64 Å². The normalized spacial score (nSPS) is 17.1. The molecule has 1 aliphatic rings. The van der Waals surface area contributed by atoms with Crippen LogP contribution in [0.25, 0.3) is 23.1 Å². The molecule has 6 nitrogen and oxygen atoms in total. The highest BCUT2D eigenvalue weighted by Gasteiger charge is 2.43. The number of allylic oxidation sites excluding steroid dienone is 1. The standard InChI is InChI=1S/C41H47N3O3S/c1-6-8-25-44(26-9-7-2)34-19-17-32(38(29-34)46-28-14-13-27-45)18-20-35-21-22-36(48-35)23-24-37-39(43-5)40(31(3)30-42)47-41(37,4)33-15-11-10-12-16-33/h10-12,15-24,29,45H,6-9,13-14,25-28H2,1-4H3/b20-18+,24-23+,40-31+. The predicted octanol–water partition coefficient (Wildman–Crippen LogP) is 10.4. The molecule has 0 spiro atoms. The summed E-state index contributed by atoms with van der Waals surface area (Å²) in [6.45, 7) is 18.8. The van der Waals surface area contributed by atoms with Gasteiger partial charge < -0.3 is 19.5 Å². The number of benzene rings is 2. The largest absolute Gasteiger partial charge is 0.493 e. The molecule has 2 aromatic carbocycles. The van der Waals surface area contributed by atoms with Gasteiger partial charge in [0.25, 0.3) is 0 Å². The van der Waals surface area contributed by atoms with Crippen LogP contribution in [0.4, 0.5) is 5.69 Å². The second-order valence-corrected chi connectivity index (χ2v) is 13.2. The minimum atomic E-state index is -0.895. The average molecular weight is 662 g/mol. The van der Waals surface area contributed by atoms with Crippen molar-refractivity contribution in [2.45, 2.75) is 71.8 Å². The molecule has 48 heavy (non-hydrogen) atoms. The van der Waals surface area contributed by atoms with Crippen LogP contribution >= 0.6 is 11.3 Å². The molecular weight excluding hydrogens is 615 g/mol. The second-order valence-electron chi connectivity index (χ2n) is 12.0. The van der Waals surface area contributed by atoms with Crippen LogP contribution in [0.15, 0.2) is 89.3 Å². The first-order valence-corrected chi connectivity index (χ1v) is 17.8. The van der Waals surface area contributed by atoms with Crippen LogP contribution in [0.2, 0.25) is 0 Å². The summed E-state index contributed by atoms with van der Waals surface area (Å²) in [6.07, 6.45) is 14.3. The van der Waals surface area contributed by atoms with Crippen molar-refractivity contribution in [2.75, 3.05) is 31.2 Å². The molecule has 0 radical (unpaired) electrons. The molecule has 1 N–H and O–H groups in total. The molecule has 1 aliphatic heterocycles. The fourth-order valence-corrected chi connectivity index (χ4v) is 6.43. The zero-order valence-electron chi connectivity index (χ0n) is 28.7. The fraction of sp³-hybridized carbons (Fsp3) is 0.366. The highest BCUT2D eigenvalue weighted by atomic mass is 32.1. The van der Waals surface area contributed by atoms with E-state index in [1.54, 1.807) is 18.3 Å². The molecule has 0 fully saturated rings. The van der Waals surface area contributed by atoms with Gasteiger partial charge in [-0.15, -0.1) is 11.3 Å². The topological polar surface area (TPSA) is 70.1 Å². The van der Waals surface area contributed by atoms with Crippen molar-refractivity contribution in [2.24, 2.45) is 0 Å². The summed E-state index contributed by atoms with van der Waals surface area (Å²) in [4.78, 5) is 8.41. The summed E-state index contributed by atoms with van der Waals surface area (Å²) < 4.78 is 12.7. The molecule has 7 heteroatoms. The lowest BCUT2D eigenvalue weighted by molar-refractivity contribution is 0.0750. The van der Waals surface area contributed by atoms with Crippen LogP contribution in [0, 0.1) is 17.9 Å². The Morgan fingerprint density at radius 3 is 2.29 bits per heavy atom. The maximum absolute atomic E-state index is 9.61. The Balaban J connectivity index is 1.61. The zero-order valence-corrected chi connectivity index (χ0v) is 29.5. The van der Waals surface area contributed by atoms with E-state index < -0.39 is 5.60 Å². The highest BCUT2D eigenvalue weighted by molar-refractivity contribution is 7.13. The molecule has 1 aromatic heterocycles. The van der Waals surface area contributed by atoms with Gasteiger partial charge in [-0.05, 0) is 87.6 Å². The third kappa shape index (κ3) is 9.07. The quantitative estimate of drug-likeness (QED) is 0.0886. The predicted molar refractivity (Wildman–Crippen MR) is 199 cm³/mol. The Labute approximate surface area is 290 Å². The summed E-state index contributed by atoms with van der Waals surface area (Å²) in [5.41, 5.74) is 3.70. The number of rotatable bonds is 17. The lowest BCUT2D eigenvalue weighted by atomic mass is 9.87. The third-order valence-electron chi connectivity index (χ3n) is 8.46. The molecular formula is C41H47N3O3S. The van der Waals surface area contributed by atoms with Crippen molar-refractivity contribution in [1.82, 2.24) is 0 Å². The molecule has 1 atom stereocenters. The number of anilines is 1. The van der Waals surface area contributed by atoms with Crippen LogP contribution in [0.1, 0.15) is 87.1 Å². The van der Waals surface area contributed by atoms with Gasteiger partial charge in [-0.1, -0.05) is 63.1 Å². The SMILES string of the molecule is [C-]#[N+]C1=C(/C=C/c2ccc(/C=C/c3ccc(N(CCCC)CCCC)cc3OCCCCO)s2)C(C)(c2ccccc2)O/C1=C(\C)C#N. The van der Waals surface area contributed by atoms with Gasteiger partial charge in [-0.2, -0.15) is 5.26 Å². The number of ether oxygens (including phenoxy) is 2. The van der Waals surface area contributed by atoms with Crippen molar-refractivity contribution in [3.63, 3.8) is 0 Å². The summed E-state index contributed by atoms with van der Waals surface area (Å²) in [5, 5.41) is 18.9. The molecule has 3 aromatic rings. The zero-order chi connectivity index (χ0) is 34.4. The fourth-order valence-electron chi connectivity index (χ4n) is 5.61. The van der Waals surface area contributed by atoms with E-state index in [4.69, 9.17) is 16.0 Å². The first kappa shape index (κ1) is 36.3. The van der Waals surface area contributed by atoms with Crippen molar-refractivity contribution >= 4 is 35.3 Å². The summed E-state index contributed by atoms with van der Waals surface area (Å²) in [7, 11) is 0. The number of aliphatic hydroxyl groups is 1. The van der Waals surface area contributed by atoms with E-state index in [0.717, 1.165) is 83.8 Å². The maximum atomic E-state index is 9.61. The number of nitriles is 1. The lowest BCUT2D eigenvalue weighted by Gasteiger charge is -2.28.